The molecule has 9 nitrogen and oxygen atoms in total. The molecule has 1 aromatic carbocycles. The molecular weight excluding hydrogens is 440 g/mol. The van der Waals surface area contributed by atoms with Crippen molar-refractivity contribution in [3.05, 3.63) is 29.3 Å². The molecule has 4 fully saturated rings. The van der Waals surface area contributed by atoms with Crippen LogP contribution in [-0.4, -0.2) is 46.5 Å². The highest BCUT2D eigenvalue weighted by atomic mass is 16.1. The largest absolute Gasteiger partial charge is 0.366 e. The zero-order valence-corrected chi connectivity index (χ0v) is 20.4. The summed E-state index contributed by atoms with van der Waals surface area (Å²) in [4.78, 5) is 25.8. The van der Waals surface area contributed by atoms with Crippen molar-refractivity contribution in [3.63, 3.8) is 0 Å². The molecule has 1 amide bonds. The Bertz CT molecular complexity index is 1110. The Hall–Kier alpha value is -2.94. The van der Waals surface area contributed by atoms with Gasteiger partial charge in [-0.05, 0) is 99.3 Å². The highest BCUT2D eigenvalue weighted by Crippen LogP contribution is 2.60. The Labute approximate surface area is 206 Å². The fourth-order valence-electron chi connectivity index (χ4n) is 7.12. The van der Waals surface area contributed by atoms with E-state index >= 15 is 0 Å². The molecule has 6 rings (SSSR count). The first-order valence-electron chi connectivity index (χ1n) is 13.1. The van der Waals surface area contributed by atoms with Gasteiger partial charge in [0.2, 0.25) is 23.8 Å². The van der Waals surface area contributed by atoms with Crippen LogP contribution in [0.2, 0.25) is 0 Å². The van der Waals surface area contributed by atoms with E-state index in [-0.39, 0.29) is 0 Å². The van der Waals surface area contributed by atoms with Crippen molar-refractivity contribution >= 4 is 29.4 Å². The van der Waals surface area contributed by atoms with Gasteiger partial charge in [-0.15, -0.1) is 0 Å². The van der Waals surface area contributed by atoms with E-state index in [0.29, 0.717) is 34.9 Å². The van der Waals surface area contributed by atoms with E-state index in [1.807, 2.05) is 13.0 Å². The first-order chi connectivity index (χ1) is 16.9. The third-order valence-electron chi connectivity index (χ3n) is 8.82. The molecule has 1 aliphatic heterocycles. The number of hydrogen-bond donors (Lipinski definition) is 5. The van der Waals surface area contributed by atoms with Crippen LogP contribution in [0.15, 0.2) is 18.2 Å². The number of carbonyl (C=O) groups is 1. The zero-order chi connectivity index (χ0) is 24.0. The zero-order valence-electron chi connectivity index (χ0n) is 20.4. The maximum absolute atomic E-state index is 11.7. The Kier molecular flexibility index (Phi) is 5.75. The summed E-state index contributed by atoms with van der Waals surface area (Å²) < 4.78 is 0. The lowest BCUT2D eigenvalue weighted by atomic mass is 9.62. The summed E-state index contributed by atoms with van der Waals surface area (Å²) in [6, 6.07) is 5.65. The fourth-order valence-corrected chi connectivity index (χ4v) is 7.12. The minimum atomic E-state index is -0.461. The van der Waals surface area contributed by atoms with E-state index < -0.39 is 5.91 Å². The van der Waals surface area contributed by atoms with Crippen molar-refractivity contribution in [2.75, 3.05) is 35.6 Å². The third-order valence-corrected chi connectivity index (χ3v) is 8.82. The second-order valence-corrected chi connectivity index (χ2v) is 11.3. The van der Waals surface area contributed by atoms with E-state index in [1.165, 1.54) is 38.5 Å². The molecule has 5 atom stereocenters. The fraction of sp³-hybridized carbons (Fsp3) is 0.615. The quantitative estimate of drug-likeness (QED) is 0.392. The molecule has 3 aliphatic carbocycles. The Morgan fingerprint density at radius 2 is 1.94 bits per heavy atom. The standard InChI is InChI=1S/C26H36N8O/c1-15-2-3-18(22(27)35)10-21(15)31-25-33-23(32-24(34-25)30-20-5-7-28-13-20)29-14-26-6-4-17-8-16(11-26)9-19(17)12-26/h2-3,10,16-17,19-20,28H,4-9,11-14H2,1H3,(H2,27,35)(H3,29,30,31,32,33,34). The predicted molar refractivity (Wildman–Crippen MR) is 137 cm³/mol. The molecule has 35 heavy (non-hydrogen) atoms. The lowest BCUT2D eigenvalue weighted by Gasteiger charge is -2.45. The molecular formula is C26H36N8O. The number of aromatic nitrogens is 3. The van der Waals surface area contributed by atoms with Gasteiger partial charge in [0, 0.05) is 30.4 Å². The van der Waals surface area contributed by atoms with Crippen molar-refractivity contribution < 1.29 is 4.79 Å². The number of primary amides is 1. The number of benzene rings is 1. The van der Waals surface area contributed by atoms with Gasteiger partial charge >= 0.3 is 0 Å². The average molecular weight is 477 g/mol. The van der Waals surface area contributed by atoms with Gasteiger partial charge in [-0.1, -0.05) is 6.07 Å². The summed E-state index contributed by atoms with van der Waals surface area (Å²) in [5.74, 6) is 3.95. The molecule has 2 aromatic rings. The molecule has 9 heteroatoms. The molecule has 0 spiro atoms. The van der Waals surface area contributed by atoms with Gasteiger partial charge in [0.05, 0.1) is 0 Å². The van der Waals surface area contributed by atoms with Gasteiger partial charge in [-0.2, -0.15) is 15.0 Å². The minimum absolute atomic E-state index is 0.292. The Morgan fingerprint density at radius 1 is 1.11 bits per heavy atom. The number of carbonyl (C=O) groups excluding carboxylic acids is 1. The molecule has 3 saturated carbocycles. The van der Waals surface area contributed by atoms with Gasteiger partial charge in [-0.3, -0.25) is 4.79 Å². The lowest BCUT2D eigenvalue weighted by Crippen LogP contribution is -2.39. The summed E-state index contributed by atoms with van der Waals surface area (Å²) in [7, 11) is 0. The van der Waals surface area contributed by atoms with Crippen LogP contribution in [0, 0.1) is 30.1 Å². The number of fused-ring (bicyclic) bond motifs is 2. The number of nitrogens with two attached hydrogens (primary N) is 1. The van der Waals surface area contributed by atoms with Gasteiger partial charge in [0.15, 0.2) is 0 Å². The van der Waals surface area contributed by atoms with E-state index in [1.54, 1.807) is 12.1 Å². The van der Waals surface area contributed by atoms with Gasteiger partial charge < -0.3 is 27.0 Å². The van der Waals surface area contributed by atoms with Crippen molar-refractivity contribution in [1.29, 1.82) is 0 Å². The molecule has 3 bridgehead atoms. The molecule has 2 heterocycles. The molecule has 6 N–H and O–H groups in total. The van der Waals surface area contributed by atoms with Crippen LogP contribution < -0.4 is 27.0 Å². The first kappa shape index (κ1) is 22.5. The normalized spacial score (nSPS) is 30.9. The van der Waals surface area contributed by atoms with Crippen LogP contribution in [0.25, 0.3) is 0 Å². The summed E-state index contributed by atoms with van der Waals surface area (Å²) >= 11 is 0. The molecule has 1 aromatic heterocycles. The van der Waals surface area contributed by atoms with Crippen LogP contribution in [0.1, 0.15) is 60.9 Å². The predicted octanol–water partition coefficient (Wildman–Crippen LogP) is 3.42. The third kappa shape index (κ3) is 4.66. The maximum atomic E-state index is 11.7. The SMILES string of the molecule is Cc1ccc(C(N)=O)cc1Nc1nc(NCC23CCC4CC(CC4C2)C3)nc(NC2CCNC2)n1. The number of amides is 1. The number of nitrogens with zero attached hydrogens (tertiary/aromatic N) is 3. The molecule has 4 aliphatic rings. The smallest absolute Gasteiger partial charge is 0.248 e. The monoisotopic (exact) mass is 476 g/mol. The van der Waals surface area contributed by atoms with Crippen molar-refractivity contribution in [2.24, 2.45) is 28.9 Å². The highest BCUT2D eigenvalue weighted by Gasteiger charge is 2.51. The lowest BCUT2D eigenvalue weighted by molar-refractivity contribution is 0.0812. The topological polar surface area (TPSA) is 130 Å². The van der Waals surface area contributed by atoms with Crippen molar-refractivity contribution in [2.45, 2.75) is 57.9 Å². The Morgan fingerprint density at radius 3 is 2.77 bits per heavy atom. The van der Waals surface area contributed by atoms with Crippen LogP contribution in [0.5, 0.6) is 0 Å². The summed E-state index contributed by atoms with van der Waals surface area (Å²) in [6.07, 6.45) is 9.29. The van der Waals surface area contributed by atoms with Gasteiger partial charge in [0.25, 0.3) is 0 Å². The second kappa shape index (κ2) is 8.93. The highest BCUT2D eigenvalue weighted by molar-refractivity contribution is 5.94. The van der Waals surface area contributed by atoms with Gasteiger partial charge in [-0.25, -0.2) is 0 Å². The van der Waals surface area contributed by atoms with E-state index in [0.717, 1.165) is 55.1 Å². The number of aryl methyl sites for hydroxylation is 1. The van der Waals surface area contributed by atoms with Crippen LogP contribution in [-0.2, 0) is 0 Å². The van der Waals surface area contributed by atoms with Crippen LogP contribution in [0.3, 0.4) is 0 Å². The van der Waals surface area contributed by atoms with E-state index in [4.69, 9.17) is 15.7 Å². The molecule has 186 valence electrons. The summed E-state index contributed by atoms with van der Waals surface area (Å²) in [5, 5.41) is 13.7. The molecule has 1 saturated heterocycles. The second-order valence-electron chi connectivity index (χ2n) is 11.3. The number of nitrogens with one attached hydrogen (secondary N) is 4. The van der Waals surface area contributed by atoms with E-state index in [2.05, 4.69) is 26.3 Å². The van der Waals surface area contributed by atoms with Gasteiger partial charge in [0.1, 0.15) is 0 Å². The van der Waals surface area contributed by atoms with E-state index in [9.17, 15) is 4.79 Å². The van der Waals surface area contributed by atoms with Crippen molar-refractivity contribution in [1.82, 2.24) is 20.3 Å². The number of anilines is 4. The van der Waals surface area contributed by atoms with Crippen molar-refractivity contribution in [3.8, 4) is 0 Å². The Balaban J connectivity index is 1.24. The summed E-state index contributed by atoms with van der Waals surface area (Å²) in [5.41, 5.74) is 8.05. The molecule has 0 radical (unpaired) electrons. The van der Waals surface area contributed by atoms with Crippen LogP contribution in [0.4, 0.5) is 23.5 Å². The molecule has 5 unspecified atom stereocenters. The van der Waals surface area contributed by atoms with Crippen LogP contribution >= 0.6 is 0 Å². The maximum Gasteiger partial charge on any atom is 0.248 e. The number of rotatable bonds is 8. The number of hydrogen-bond acceptors (Lipinski definition) is 8. The average Bonchev–Trinajstić information content (AvgIpc) is 3.41. The summed E-state index contributed by atoms with van der Waals surface area (Å²) in [6.45, 7) is 4.77. The first-order valence-corrected chi connectivity index (χ1v) is 13.1. The minimum Gasteiger partial charge on any atom is -0.366 e.